The van der Waals surface area contributed by atoms with Gasteiger partial charge in [-0.3, -0.25) is 9.89 Å². The number of fused-ring (bicyclic) bond motifs is 2. The average Bonchev–Trinajstić information content (AvgIpc) is 3.62. The van der Waals surface area contributed by atoms with Crippen LogP contribution in [-0.2, 0) is 4.79 Å². The molecule has 0 unspecified atom stereocenters. The van der Waals surface area contributed by atoms with Crippen LogP contribution in [0.15, 0.2) is 37.2 Å². The molecule has 2 aliphatic heterocycles. The first-order valence-electron chi connectivity index (χ1n) is 13.4. The first kappa shape index (κ1) is 26.3. The van der Waals surface area contributed by atoms with Gasteiger partial charge in [-0.15, -0.1) is 0 Å². The van der Waals surface area contributed by atoms with Gasteiger partial charge >= 0.3 is 6.01 Å². The van der Waals surface area contributed by atoms with E-state index in [1.54, 1.807) is 17.3 Å². The van der Waals surface area contributed by atoms with Crippen molar-refractivity contribution in [2.45, 2.75) is 25.8 Å². The molecule has 40 heavy (non-hydrogen) atoms. The SMILES string of the molecule is C=CC(=O)N1CCN(c2nc(OC[C@@H]3CCCN3C)nc3c(Oc4c(Cl)c(C)cc5[nH]ncc45)nccc23)CC1. The number of carbonyl (C=O) groups is 1. The van der Waals surface area contributed by atoms with Crippen molar-refractivity contribution in [2.75, 3.05) is 51.3 Å². The maximum atomic E-state index is 12.2. The molecule has 1 atom stereocenters. The van der Waals surface area contributed by atoms with Crippen molar-refractivity contribution < 1.29 is 14.3 Å². The number of aromatic amines is 1. The van der Waals surface area contributed by atoms with E-state index in [1.807, 2.05) is 19.1 Å². The fourth-order valence-electron chi connectivity index (χ4n) is 5.36. The van der Waals surface area contributed by atoms with Crippen LogP contribution in [-0.4, -0.2) is 93.3 Å². The van der Waals surface area contributed by atoms with Crippen LogP contribution in [0, 0.1) is 6.92 Å². The van der Waals surface area contributed by atoms with Crippen molar-refractivity contribution in [3.63, 3.8) is 0 Å². The Kier molecular flexibility index (Phi) is 7.16. The average molecular weight is 563 g/mol. The van der Waals surface area contributed by atoms with E-state index in [0.29, 0.717) is 66.8 Å². The highest BCUT2D eigenvalue weighted by molar-refractivity contribution is 6.34. The first-order chi connectivity index (χ1) is 19.4. The zero-order valence-corrected chi connectivity index (χ0v) is 23.3. The number of hydrogen-bond donors (Lipinski definition) is 1. The number of carbonyl (C=O) groups excluding carboxylic acids is 1. The molecule has 0 aliphatic carbocycles. The molecule has 6 rings (SSSR count). The summed E-state index contributed by atoms with van der Waals surface area (Å²) in [6.45, 7) is 9.39. The number of aromatic nitrogens is 5. The summed E-state index contributed by atoms with van der Waals surface area (Å²) < 4.78 is 12.6. The van der Waals surface area contributed by atoms with Crippen molar-refractivity contribution >= 4 is 45.1 Å². The standard InChI is InChI=1S/C28H31ClN8O3/c1-4-22(38)36-10-12-37(13-11-36)26-19-7-8-30-27(40-25-20-15-31-34-21(20)14-17(2)23(25)29)24(19)32-28(33-26)39-16-18-6-5-9-35(18)3/h4,7-8,14-15,18H,1,5-6,9-13,16H2,2-3H3,(H,31,34)/t18-/m0/s1. The number of likely N-dealkylation sites (tertiary alicyclic amines) is 1. The number of anilines is 1. The highest BCUT2D eigenvalue weighted by atomic mass is 35.5. The molecule has 12 heteroatoms. The van der Waals surface area contributed by atoms with Gasteiger partial charge in [-0.1, -0.05) is 18.2 Å². The number of aryl methyl sites for hydroxylation is 1. The van der Waals surface area contributed by atoms with Crippen molar-refractivity contribution in [1.82, 2.24) is 34.9 Å². The second-order valence-corrected chi connectivity index (χ2v) is 10.6. The van der Waals surface area contributed by atoms with Gasteiger partial charge in [0.25, 0.3) is 0 Å². The molecular formula is C28H31ClN8O3. The fraction of sp³-hybridized carbons (Fsp3) is 0.393. The number of likely N-dealkylation sites (N-methyl/N-ethyl adjacent to an activating group) is 1. The summed E-state index contributed by atoms with van der Waals surface area (Å²) in [6, 6.07) is 4.37. The third-order valence-electron chi connectivity index (χ3n) is 7.70. The Hall–Kier alpha value is -3.96. The zero-order valence-electron chi connectivity index (χ0n) is 22.6. The molecule has 2 fully saturated rings. The molecule has 0 radical (unpaired) electrons. The van der Waals surface area contributed by atoms with E-state index in [0.717, 1.165) is 41.2 Å². The molecule has 3 aromatic heterocycles. The summed E-state index contributed by atoms with van der Waals surface area (Å²) in [6.07, 6.45) is 6.91. The van der Waals surface area contributed by atoms with Crippen LogP contribution < -0.4 is 14.4 Å². The molecule has 0 spiro atoms. The molecule has 11 nitrogen and oxygen atoms in total. The van der Waals surface area contributed by atoms with E-state index < -0.39 is 0 Å². The lowest BCUT2D eigenvalue weighted by atomic mass is 10.1. The van der Waals surface area contributed by atoms with Crippen LogP contribution in [0.3, 0.4) is 0 Å². The Morgan fingerprint density at radius 1 is 1.23 bits per heavy atom. The summed E-state index contributed by atoms with van der Waals surface area (Å²) in [5.74, 6) is 1.38. The van der Waals surface area contributed by atoms with Gasteiger partial charge < -0.3 is 24.2 Å². The Balaban J connectivity index is 1.40. The van der Waals surface area contributed by atoms with Crippen molar-refractivity contribution in [1.29, 1.82) is 0 Å². The summed E-state index contributed by atoms with van der Waals surface area (Å²) >= 11 is 6.70. The first-order valence-corrected chi connectivity index (χ1v) is 13.8. The number of H-pyrrole nitrogens is 1. The fourth-order valence-corrected chi connectivity index (χ4v) is 5.56. The lowest BCUT2D eigenvalue weighted by molar-refractivity contribution is -0.126. The van der Waals surface area contributed by atoms with Crippen molar-refractivity contribution in [2.24, 2.45) is 0 Å². The van der Waals surface area contributed by atoms with Crippen LogP contribution >= 0.6 is 11.6 Å². The highest BCUT2D eigenvalue weighted by Gasteiger charge is 2.26. The Bertz CT molecular complexity index is 1580. The van der Waals surface area contributed by atoms with Crippen LogP contribution in [0.5, 0.6) is 17.6 Å². The number of ether oxygens (including phenoxy) is 2. The van der Waals surface area contributed by atoms with E-state index in [-0.39, 0.29) is 11.9 Å². The number of nitrogens with one attached hydrogen (secondary N) is 1. The van der Waals surface area contributed by atoms with E-state index in [1.165, 1.54) is 6.08 Å². The monoisotopic (exact) mass is 562 g/mol. The molecule has 1 aromatic carbocycles. The summed E-state index contributed by atoms with van der Waals surface area (Å²) in [4.78, 5) is 32.5. The van der Waals surface area contributed by atoms with Gasteiger partial charge in [0.15, 0.2) is 5.75 Å². The second-order valence-electron chi connectivity index (χ2n) is 10.2. The molecular weight excluding hydrogens is 532 g/mol. The third kappa shape index (κ3) is 4.90. The van der Waals surface area contributed by atoms with Gasteiger partial charge in [0.1, 0.15) is 17.9 Å². The Morgan fingerprint density at radius 3 is 2.80 bits per heavy atom. The predicted octanol–water partition coefficient (Wildman–Crippen LogP) is 3.96. The maximum Gasteiger partial charge on any atom is 0.319 e. The van der Waals surface area contributed by atoms with E-state index in [9.17, 15) is 4.79 Å². The highest BCUT2D eigenvalue weighted by Crippen LogP contribution is 2.40. The van der Waals surface area contributed by atoms with Gasteiger partial charge in [-0.05, 0) is 57.1 Å². The summed E-state index contributed by atoms with van der Waals surface area (Å²) in [5.41, 5.74) is 2.17. The molecule has 2 aliphatic rings. The van der Waals surface area contributed by atoms with Crippen molar-refractivity contribution in [3.05, 3.63) is 47.8 Å². The van der Waals surface area contributed by atoms with Gasteiger partial charge in [-0.2, -0.15) is 15.1 Å². The van der Waals surface area contributed by atoms with Crippen LogP contribution in [0.4, 0.5) is 5.82 Å². The van der Waals surface area contributed by atoms with Gasteiger partial charge in [0.2, 0.25) is 11.8 Å². The topological polar surface area (TPSA) is 113 Å². The molecule has 0 bridgehead atoms. The van der Waals surface area contributed by atoms with Crippen LogP contribution in [0.25, 0.3) is 21.8 Å². The quantitative estimate of drug-likeness (QED) is 0.334. The number of rotatable bonds is 7. The number of nitrogens with zero attached hydrogens (tertiary/aromatic N) is 7. The minimum atomic E-state index is -0.0719. The molecule has 4 aromatic rings. The maximum absolute atomic E-state index is 12.2. The number of benzene rings is 1. The molecule has 2 saturated heterocycles. The van der Waals surface area contributed by atoms with E-state index in [4.69, 9.17) is 31.0 Å². The Morgan fingerprint density at radius 2 is 2.05 bits per heavy atom. The molecule has 208 valence electrons. The molecule has 5 heterocycles. The third-order valence-corrected chi connectivity index (χ3v) is 8.17. The zero-order chi connectivity index (χ0) is 27.8. The second kappa shape index (κ2) is 10.9. The predicted molar refractivity (Wildman–Crippen MR) is 153 cm³/mol. The van der Waals surface area contributed by atoms with Gasteiger partial charge in [0, 0.05) is 38.4 Å². The molecule has 0 saturated carbocycles. The number of piperazine rings is 1. The van der Waals surface area contributed by atoms with Gasteiger partial charge in [0.05, 0.1) is 27.5 Å². The molecule has 1 amide bonds. The number of pyridine rings is 1. The van der Waals surface area contributed by atoms with Crippen LogP contribution in [0.1, 0.15) is 18.4 Å². The lowest BCUT2D eigenvalue weighted by Crippen LogP contribution is -2.48. The van der Waals surface area contributed by atoms with E-state index in [2.05, 4.69) is 38.6 Å². The Labute approximate surface area is 236 Å². The minimum absolute atomic E-state index is 0.0719. The van der Waals surface area contributed by atoms with E-state index >= 15 is 0 Å². The van der Waals surface area contributed by atoms with Gasteiger partial charge in [-0.25, -0.2) is 4.98 Å². The normalized spacial score (nSPS) is 18.0. The lowest BCUT2D eigenvalue weighted by Gasteiger charge is -2.35. The van der Waals surface area contributed by atoms with Crippen LogP contribution in [0.2, 0.25) is 5.02 Å². The molecule has 1 N–H and O–H groups in total. The smallest absolute Gasteiger partial charge is 0.319 e. The number of halogens is 1. The summed E-state index contributed by atoms with van der Waals surface area (Å²) in [5, 5.41) is 9.12. The summed E-state index contributed by atoms with van der Waals surface area (Å²) in [7, 11) is 2.11. The van der Waals surface area contributed by atoms with Crippen molar-refractivity contribution in [3.8, 4) is 17.6 Å². The largest absolute Gasteiger partial charge is 0.462 e. The minimum Gasteiger partial charge on any atom is -0.462 e. The number of hydrogen-bond acceptors (Lipinski definition) is 9. The number of amides is 1.